The zero-order valence-corrected chi connectivity index (χ0v) is 11.0. The van der Waals surface area contributed by atoms with Gasteiger partial charge in [-0.05, 0) is 17.5 Å². The highest BCUT2D eigenvalue weighted by atomic mass is 16.2. The Balaban J connectivity index is 1.80. The Morgan fingerprint density at radius 3 is 2.63 bits per heavy atom. The second kappa shape index (κ2) is 6.33. The molecule has 3 N–H and O–H groups in total. The Hall–Kier alpha value is -1.88. The number of hydrogen-bond acceptors (Lipinski definition) is 3. The fraction of sp³-hybridized carbons (Fsp3) is 0.429. The quantitative estimate of drug-likeness (QED) is 0.666. The standard InChI is InChI=1S/C14H19N3O2/c1-10(18)15-6-7-16-14(19)13-8-11-4-2-3-5-12(11)9-17-13/h2-5,13,17H,6-9H2,1H3,(H,15,18)(H,16,19)/t13-/m1/s1. The first kappa shape index (κ1) is 13.5. The first-order valence-corrected chi connectivity index (χ1v) is 6.49. The van der Waals surface area contributed by atoms with Crippen molar-refractivity contribution in [1.29, 1.82) is 0 Å². The predicted octanol–water partition coefficient (Wildman–Crippen LogP) is -0.0468. The molecule has 2 rings (SSSR count). The van der Waals surface area contributed by atoms with Crippen LogP contribution in [0.5, 0.6) is 0 Å². The van der Waals surface area contributed by atoms with Crippen molar-refractivity contribution in [3.05, 3.63) is 35.4 Å². The minimum absolute atomic E-state index is 0.0140. The van der Waals surface area contributed by atoms with Crippen LogP contribution in [-0.4, -0.2) is 30.9 Å². The van der Waals surface area contributed by atoms with E-state index in [0.717, 1.165) is 6.54 Å². The lowest BCUT2D eigenvalue weighted by Crippen LogP contribution is -2.48. The lowest BCUT2D eigenvalue weighted by Gasteiger charge is -2.25. The highest BCUT2D eigenvalue weighted by Gasteiger charge is 2.23. The highest BCUT2D eigenvalue weighted by molar-refractivity contribution is 5.82. The fourth-order valence-electron chi connectivity index (χ4n) is 2.19. The molecule has 0 radical (unpaired) electrons. The van der Waals surface area contributed by atoms with Crippen molar-refractivity contribution in [2.24, 2.45) is 0 Å². The minimum atomic E-state index is -0.188. The van der Waals surface area contributed by atoms with E-state index < -0.39 is 0 Å². The topological polar surface area (TPSA) is 70.2 Å². The summed E-state index contributed by atoms with van der Waals surface area (Å²) < 4.78 is 0. The predicted molar refractivity (Wildman–Crippen MR) is 72.5 cm³/mol. The molecule has 0 aromatic heterocycles. The van der Waals surface area contributed by atoms with Gasteiger partial charge in [-0.3, -0.25) is 9.59 Å². The van der Waals surface area contributed by atoms with E-state index in [-0.39, 0.29) is 17.9 Å². The van der Waals surface area contributed by atoms with Gasteiger partial charge in [0, 0.05) is 26.6 Å². The van der Waals surface area contributed by atoms with Gasteiger partial charge in [0.1, 0.15) is 0 Å². The van der Waals surface area contributed by atoms with Gasteiger partial charge in [-0.2, -0.15) is 0 Å². The van der Waals surface area contributed by atoms with Crippen LogP contribution < -0.4 is 16.0 Å². The number of benzene rings is 1. The van der Waals surface area contributed by atoms with Gasteiger partial charge in [0.25, 0.3) is 0 Å². The van der Waals surface area contributed by atoms with Gasteiger partial charge in [0.05, 0.1) is 6.04 Å². The molecule has 1 aromatic rings. The molecule has 5 nitrogen and oxygen atoms in total. The van der Waals surface area contributed by atoms with Crippen molar-refractivity contribution in [1.82, 2.24) is 16.0 Å². The van der Waals surface area contributed by atoms with Crippen LogP contribution in [0.25, 0.3) is 0 Å². The largest absolute Gasteiger partial charge is 0.355 e. The average Bonchev–Trinajstić information content (AvgIpc) is 2.42. The molecule has 0 unspecified atom stereocenters. The van der Waals surface area contributed by atoms with Crippen molar-refractivity contribution in [3.8, 4) is 0 Å². The minimum Gasteiger partial charge on any atom is -0.355 e. The summed E-state index contributed by atoms with van der Waals surface area (Å²) in [5.41, 5.74) is 2.48. The van der Waals surface area contributed by atoms with E-state index in [2.05, 4.69) is 28.1 Å². The van der Waals surface area contributed by atoms with E-state index in [1.54, 1.807) is 0 Å². The molecule has 2 amide bonds. The second-order valence-electron chi connectivity index (χ2n) is 4.68. The summed E-state index contributed by atoms with van der Waals surface area (Å²) in [6.07, 6.45) is 0.710. The molecular formula is C14H19N3O2. The molecule has 0 spiro atoms. The smallest absolute Gasteiger partial charge is 0.237 e. The molecule has 1 atom stereocenters. The molecular weight excluding hydrogens is 242 g/mol. The molecule has 1 aromatic carbocycles. The number of carbonyl (C=O) groups is 2. The van der Waals surface area contributed by atoms with Crippen LogP contribution in [0.2, 0.25) is 0 Å². The summed E-state index contributed by atoms with van der Waals surface area (Å²) in [4.78, 5) is 22.7. The molecule has 1 aliphatic heterocycles. The van der Waals surface area contributed by atoms with Gasteiger partial charge in [0.15, 0.2) is 0 Å². The molecule has 0 fully saturated rings. The number of hydrogen-bond donors (Lipinski definition) is 3. The summed E-state index contributed by atoms with van der Waals surface area (Å²) in [7, 11) is 0. The molecule has 1 heterocycles. The number of carbonyl (C=O) groups excluding carboxylic acids is 2. The second-order valence-corrected chi connectivity index (χ2v) is 4.68. The van der Waals surface area contributed by atoms with E-state index in [0.29, 0.717) is 19.5 Å². The Labute approximate surface area is 112 Å². The molecule has 0 saturated carbocycles. The lowest BCUT2D eigenvalue weighted by molar-refractivity contribution is -0.123. The monoisotopic (exact) mass is 261 g/mol. The van der Waals surface area contributed by atoms with Gasteiger partial charge < -0.3 is 16.0 Å². The van der Waals surface area contributed by atoms with Crippen LogP contribution in [0, 0.1) is 0 Å². The van der Waals surface area contributed by atoms with E-state index in [1.165, 1.54) is 18.1 Å². The van der Waals surface area contributed by atoms with Gasteiger partial charge in [-0.1, -0.05) is 24.3 Å². The van der Waals surface area contributed by atoms with Crippen LogP contribution in [0.3, 0.4) is 0 Å². The molecule has 19 heavy (non-hydrogen) atoms. The molecule has 0 saturated heterocycles. The van der Waals surface area contributed by atoms with Crippen LogP contribution in [-0.2, 0) is 22.6 Å². The zero-order valence-electron chi connectivity index (χ0n) is 11.0. The van der Waals surface area contributed by atoms with Crippen molar-refractivity contribution >= 4 is 11.8 Å². The van der Waals surface area contributed by atoms with Crippen molar-refractivity contribution in [2.45, 2.75) is 25.9 Å². The van der Waals surface area contributed by atoms with Gasteiger partial charge in [-0.15, -0.1) is 0 Å². The summed E-state index contributed by atoms with van der Waals surface area (Å²) in [5.74, 6) is -0.0983. The maximum absolute atomic E-state index is 12.0. The molecule has 0 aliphatic carbocycles. The van der Waals surface area contributed by atoms with Crippen molar-refractivity contribution in [2.75, 3.05) is 13.1 Å². The van der Waals surface area contributed by atoms with Crippen LogP contribution >= 0.6 is 0 Å². The maximum Gasteiger partial charge on any atom is 0.237 e. The maximum atomic E-state index is 12.0. The van der Waals surface area contributed by atoms with E-state index >= 15 is 0 Å². The van der Waals surface area contributed by atoms with E-state index in [9.17, 15) is 9.59 Å². The Morgan fingerprint density at radius 1 is 1.21 bits per heavy atom. The summed E-state index contributed by atoms with van der Waals surface area (Å²) in [5, 5.41) is 8.69. The molecule has 0 bridgehead atoms. The highest BCUT2D eigenvalue weighted by Crippen LogP contribution is 2.16. The van der Waals surface area contributed by atoms with Gasteiger partial charge in [0.2, 0.25) is 11.8 Å². The third kappa shape index (κ3) is 3.79. The lowest BCUT2D eigenvalue weighted by atomic mass is 9.95. The fourth-order valence-corrected chi connectivity index (χ4v) is 2.19. The number of fused-ring (bicyclic) bond motifs is 1. The van der Waals surface area contributed by atoms with Crippen molar-refractivity contribution < 1.29 is 9.59 Å². The van der Waals surface area contributed by atoms with Gasteiger partial charge >= 0.3 is 0 Å². The average molecular weight is 261 g/mol. The number of nitrogens with one attached hydrogen (secondary N) is 3. The summed E-state index contributed by atoms with van der Waals surface area (Å²) in [6.45, 7) is 3.10. The zero-order chi connectivity index (χ0) is 13.7. The third-order valence-corrected chi connectivity index (χ3v) is 3.20. The van der Waals surface area contributed by atoms with E-state index in [4.69, 9.17) is 0 Å². The van der Waals surface area contributed by atoms with Crippen LogP contribution in [0.1, 0.15) is 18.1 Å². The molecule has 102 valence electrons. The first-order chi connectivity index (χ1) is 9.16. The van der Waals surface area contributed by atoms with Crippen molar-refractivity contribution in [3.63, 3.8) is 0 Å². The number of rotatable bonds is 4. The Bertz CT molecular complexity index is 474. The molecule has 1 aliphatic rings. The number of amides is 2. The van der Waals surface area contributed by atoms with E-state index in [1.807, 2.05) is 12.1 Å². The summed E-state index contributed by atoms with van der Waals surface area (Å²) in [6, 6.07) is 7.96. The Kier molecular flexibility index (Phi) is 4.52. The SMILES string of the molecule is CC(=O)NCCNC(=O)[C@H]1Cc2ccccc2CN1. The first-order valence-electron chi connectivity index (χ1n) is 6.49. The third-order valence-electron chi connectivity index (χ3n) is 3.20. The van der Waals surface area contributed by atoms with Crippen LogP contribution in [0.4, 0.5) is 0 Å². The molecule has 5 heteroatoms. The van der Waals surface area contributed by atoms with Gasteiger partial charge in [-0.25, -0.2) is 0 Å². The Morgan fingerprint density at radius 2 is 1.89 bits per heavy atom. The van der Waals surface area contributed by atoms with Crippen LogP contribution in [0.15, 0.2) is 24.3 Å². The summed E-state index contributed by atoms with van der Waals surface area (Å²) >= 11 is 0. The normalized spacial score (nSPS) is 17.4.